The number of nitrogens with one attached hydrogen (secondary N) is 1. The molecule has 1 aromatic rings. The second kappa shape index (κ2) is 5.41. The average Bonchev–Trinajstić information content (AvgIpc) is 3.19. The zero-order valence-corrected chi connectivity index (χ0v) is 12.7. The molecule has 1 N–H and O–H groups in total. The fourth-order valence-electron chi connectivity index (χ4n) is 3.26. The number of unbranched alkanes of at least 4 members (excludes halogenated alkanes) is 1. The highest BCUT2D eigenvalue weighted by Crippen LogP contribution is 2.47. The van der Waals surface area contributed by atoms with Gasteiger partial charge in [-0.3, -0.25) is 10.1 Å². The van der Waals surface area contributed by atoms with Gasteiger partial charge in [0, 0.05) is 11.6 Å². The summed E-state index contributed by atoms with van der Waals surface area (Å²) in [5.41, 5.74) is 0.172. The van der Waals surface area contributed by atoms with Gasteiger partial charge in [-0.1, -0.05) is 38.0 Å². The number of benzene rings is 1. The minimum Gasteiger partial charge on any atom is -0.318 e. The summed E-state index contributed by atoms with van der Waals surface area (Å²) >= 11 is 0. The fraction of sp³-hybridized carbons (Fsp3) is 0.588. The number of amides is 1. The molecule has 1 aromatic carbocycles. The lowest BCUT2D eigenvalue weighted by molar-refractivity contribution is -0.133. The van der Waals surface area contributed by atoms with Crippen LogP contribution >= 0.6 is 0 Å². The van der Waals surface area contributed by atoms with Crippen molar-refractivity contribution in [1.82, 2.24) is 10.2 Å². The van der Waals surface area contributed by atoms with Crippen LogP contribution in [0.4, 0.5) is 4.39 Å². The highest BCUT2D eigenvalue weighted by Gasteiger charge is 2.60. The molecule has 0 aromatic heterocycles. The van der Waals surface area contributed by atoms with E-state index in [0.29, 0.717) is 5.56 Å². The number of halogens is 1. The monoisotopic (exact) mass is 290 g/mol. The summed E-state index contributed by atoms with van der Waals surface area (Å²) in [7, 11) is 0. The number of hydrogen-bond acceptors (Lipinski definition) is 2. The van der Waals surface area contributed by atoms with E-state index in [2.05, 4.69) is 19.2 Å². The van der Waals surface area contributed by atoms with Gasteiger partial charge in [-0.2, -0.15) is 0 Å². The number of carbonyl (C=O) groups excluding carboxylic acids is 1. The van der Waals surface area contributed by atoms with Gasteiger partial charge in [-0.15, -0.1) is 0 Å². The van der Waals surface area contributed by atoms with E-state index in [1.165, 1.54) is 6.07 Å². The van der Waals surface area contributed by atoms with Crippen LogP contribution in [0, 0.1) is 5.82 Å². The van der Waals surface area contributed by atoms with Crippen LogP contribution in [-0.2, 0) is 4.79 Å². The van der Waals surface area contributed by atoms with E-state index in [0.717, 1.165) is 32.1 Å². The van der Waals surface area contributed by atoms with Gasteiger partial charge in [-0.05, 0) is 32.3 Å². The number of hydrogen-bond donors (Lipinski definition) is 1. The first-order chi connectivity index (χ1) is 10.1. The maximum absolute atomic E-state index is 14.2. The molecule has 1 amide bonds. The molecule has 4 heteroatoms. The molecule has 3 rings (SSSR count). The Morgan fingerprint density at radius 1 is 1.43 bits per heavy atom. The normalized spacial score (nSPS) is 24.6. The van der Waals surface area contributed by atoms with Crippen molar-refractivity contribution in [3.8, 4) is 0 Å². The van der Waals surface area contributed by atoms with Crippen molar-refractivity contribution in [1.29, 1.82) is 0 Å². The summed E-state index contributed by atoms with van der Waals surface area (Å²) in [6.45, 7) is 4.22. The molecule has 1 aliphatic heterocycles. The summed E-state index contributed by atoms with van der Waals surface area (Å²) in [6.07, 6.45) is 4.57. The lowest BCUT2D eigenvalue weighted by Crippen LogP contribution is -2.39. The summed E-state index contributed by atoms with van der Waals surface area (Å²) in [5.74, 6) is -0.0902. The van der Waals surface area contributed by atoms with Crippen molar-refractivity contribution in [2.24, 2.45) is 0 Å². The molecule has 0 radical (unpaired) electrons. The third kappa shape index (κ3) is 2.46. The molecule has 114 valence electrons. The maximum Gasteiger partial charge on any atom is 0.244 e. The molecular weight excluding hydrogens is 267 g/mol. The second-order valence-electron chi connectivity index (χ2n) is 6.35. The largest absolute Gasteiger partial charge is 0.318 e. The molecule has 1 aliphatic carbocycles. The van der Waals surface area contributed by atoms with Gasteiger partial charge in [0.15, 0.2) is 0 Å². The first-order valence-electron chi connectivity index (χ1n) is 7.94. The van der Waals surface area contributed by atoms with Gasteiger partial charge < -0.3 is 4.90 Å². The average molecular weight is 290 g/mol. The Kier molecular flexibility index (Phi) is 3.74. The Hall–Kier alpha value is -1.42. The van der Waals surface area contributed by atoms with E-state index in [1.807, 2.05) is 11.0 Å². The van der Waals surface area contributed by atoms with Crippen molar-refractivity contribution < 1.29 is 9.18 Å². The first-order valence-corrected chi connectivity index (χ1v) is 7.94. The van der Waals surface area contributed by atoms with Crippen LogP contribution in [0.25, 0.3) is 0 Å². The topological polar surface area (TPSA) is 32.3 Å². The zero-order valence-electron chi connectivity index (χ0n) is 12.7. The molecule has 21 heavy (non-hydrogen) atoms. The molecule has 1 heterocycles. The van der Waals surface area contributed by atoms with Crippen LogP contribution in [0.5, 0.6) is 0 Å². The summed E-state index contributed by atoms with van der Waals surface area (Å²) in [4.78, 5) is 14.6. The van der Waals surface area contributed by atoms with Gasteiger partial charge in [0.25, 0.3) is 0 Å². The Labute approximate surface area is 125 Å². The summed E-state index contributed by atoms with van der Waals surface area (Å²) < 4.78 is 14.2. The van der Waals surface area contributed by atoms with Crippen molar-refractivity contribution in [3.63, 3.8) is 0 Å². The minimum atomic E-state index is -0.409. The van der Waals surface area contributed by atoms with Crippen molar-refractivity contribution in [3.05, 3.63) is 35.6 Å². The Bertz CT molecular complexity index is 541. The number of rotatable bonds is 5. The van der Waals surface area contributed by atoms with Crippen LogP contribution < -0.4 is 5.32 Å². The Balaban J connectivity index is 1.90. The van der Waals surface area contributed by atoms with E-state index < -0.39 is 5.54 Å². The molecule has 1 spiro atoms. The molecule has 0 bridgehead atoms. The molecule has 2 aliphatic rings. The van der Waals surface area contributed by atoms with Gasteiger partial charge in [0.2, 0.25) is 5.91 Å². The van der Waals surface area contributed by atoms with E-state index in [-0.39, 0.29) is 23.9 Å². The standard InChI is InChI=1S/C17H23FN2O/c1-3-4-7-12(2)20-15(13-8-5-6-9-14(13)18)19-17(10-11-17)16(20)21/h5-6,8-9,12,15,19H,3-4,7,10-11H2,1-2H3. The lowest BCUT2D eigenvalue weighted by Gasteiger charge is -2.31. The molecule has 2 fully saturated rings. The van der Waals surface area contributed by atoms with Crippen LogP contribution in [0.1, 0.15) is 57.7 Å². The smallest absolute Gasteiger partial charge is 0.244 e. The molecule has 1 saturated carbocycles. The quantitative estimate of drug-likeness (QED) is 0.901. The minimum absolute atomic E-state index is 0.134. The summed E-state index contributed by atoms with van der Waals surface area (Å²) in [5, 5.41) is 3.39. The summed E-state index contributed by atoms with van der Waals surface area (Å²) in [6, 6.07) is 6.90. The Morgan fingerprint density at radius 3 is 2.76 bits per heavy atom. The van der Waals surface area contributed by atoms with E-state index in [4.69, 9.17) is 0 Å². The van der Waals surface area contributed by atoms with Crippen molar-refractivity contribution in [2.45, 2.75) is 63.7 Å². The molecule has 1 saturated heterocycles. The van der Waals surface area contributed by atoms with Crippen LogP contribution in [0.2, 0.25) is 0 Å². The predicted molar refractivity (Wildman–Crippen MR) is 80.1 cm³/mol. The van der Waals surface area contributed by atoms with Gasteiger partial charge in [0.05, 0.1) is 0 Å². The van der Waals surface area contributed by atoms with Gasteiger partial charge in [0.1, 0.15) is 17.5 Å². The van der Waals surface area contributed by atoms with E-state index in [9.17, 15) is 9.18 Å². The van der Waals surface area contributed by atoms with E-state index >= 15 is 0 Å². The third-order valence-corrected chi connectivity index (χ3v) is 4.74. The highest BCUT2D eigenvalue weighted by atomic mass is 19.1. The lowest BCUT2D eigenvalue weighted by atomic mass is 10.1. The van der Waals surface area contributed by atoms with Crippen molar-refractivity contribution in [2.75, 3.05) is 0 Å². The highest BCUT2D eigenvalue weighted by molar-refractivity contribution is 5.92. The van der Waals surface area contributed by atoms with Crippen LogP contribution in [0.15, 0.2) is 24.3 Å². The molecule has 3 nitrogen and oxygen atoms in total. The van der Waals surface area contributed by atoms with Crippen molar-refractivity contribution >= 4 is 5.91 Å². The first kappa shape index (κ1) is 14.5. The second-order valence-corrected chi connectivity index (χ2v) is 6.35. The zero-order chi connectivity index (χ0) is 15.0. The van der Waals surface area contributed by atoms with E-state index in [1.54, 1.807) is 12.1 Å². The Morgan fingerprint density at radius 2 is 2.14 bits per heavy atom. The number of carbonyl (C=O) groups is 1. The fourth-order valence-corrected chi connectivity index (χ4v) is 3.26. The molecule has 2 unspecified atom stereocenters. The maximum atomic E-state index is 14.2. The molecule has 2 atom stereocenters. The van der Waals surface area contributed by atoms with Gasteiger partial charge in [-0.25, -0.2) is 4.39 Å². The van der Waals surface area contributed by atoms with Crippen LogP contribution in [-0.4, -0.2) is 22.4 Å². The van der Waals surface area contributed by atoms with Crippen LogP contribution in [0.3, 0.4) is 0 Å². The number of nitrogens with zero attached hydrogens (tertiary/aromatic N) is 1. The predicted octanol–water partition coefficient (Wildman–Crippen LogP) is 3.37. The SMILES string of the molecule is CCCCC(C)N1C(=O)C2(CC2)NC1c1ccccc1F. The third-order valence-electron chi connectivity index (χ3n) is 4.74. The van der Waals surface area contributed by atoms with Gasteiger partial charge >= 0.3 is 0 Å². The molecular formula is C17H23FN2O.